The molecular formula is C63H102O11. The number of aliphatic hydroxyl groups excluding tert-OH is 3. The maximum absolute atomic E-state index is 13.0. The number of hydrogen-bond acceptors (Lipinski definition) is 11. The molecule has 0 aromatic carbocycles. The van der Waals surface area contributed by atoms with E-state index in [1.165, 1.54) is 70.6 Å². The molecule has 0 aromatic rings. The second kappa shape index (κ2) is 51.0. The molecule has 1 heterocycles. The van der Waals surface area contributed by atoms with E-state index in [0.29, 0.717) is 19.3 Å². The lowest BCUT2D eigenvalue weighted by Gasteiger charge is -2.40. The maximum atomic E-state index is 13.0. The Hall–Kier alpha value is -4.13. The third-order valence-corrected chi connectivity index (χ3v) is 12.4. The van der Waals surface area contributed by atoms with Gasteiger partial charge in [-0.05, 0) is 83.5 Å². The molecule has 4 unspecified atom stereocenters. The van der Waals surface area contributed by atoms with Crippen molar-refractivity contribution in [2.75, 3.05) is 19.8 Å². The van der Waals surface area contributed by atoms with Crippen LogP contribution in [0, 0.1) is 0 Å². The average molecular weight is 1040 g/mol. The molecule has 3 N–H and O–H groups in total. The zero-order chi connectivity index (χ0) is 53.8. The van der Waals surface area contributed by atoms with Crippen LogP contribution in [0.15, 0.2) is 109 Å². The molecule has 1 rings (SSSR count). The van der Waals surface area contributed by atoms with Crippen LogP contribution in [0.1, 0.15) is 213 Å². The summed E-state index contributed by atoms with van der Waals surface area (Å²) in [5.74, 6) is -1.47. The molecule has 0 radical (unpaired) electrons. The minimum absolute atomic E-state index is 0.0146. The van der Waals surface area contributed by atoms with Crippen molar-refractivity contribution in [2.45, 2.75) is 250 Å². The first-order chi connectivity index (χ1) is 36.2. The van der Waals surface area contributed by atoms with Gasteiger partial charge in [-0.15, -0.1) is 0 Å². The fourth-order valence-corrected chi connectivity index (χ4v) is 7.95. The fraction of sp³-hybridized carbons (Fsp3) is 0.667. The highest BCUT2D eigenvalue weighted by Gasteiger charge is 2.45. The van der Waals surface area contributed by atoms with Gasteiger partial charge in [0.25, 0.3) is 0 Å². The van der Waals surface area contributed by atoms with Crippen molar-refractivity contribution < 1.29 is 53.4 Å². The molecule has 0 aliphatic carbocycles. The molecular weight excluding hydrogens is 933 g/mol. The van der Waals surface area contributed by atoms with Crippen LogP contribution in [-0.4, -0.2) is 89.9 Å². The molecule has 0 aromatic heterocycles. The quantitative estimate of drug-likeness (QED) is 0.0231. The van der Waals surface area contributed by atoms with E-state index in [0.717, 1.165) is 83.5 Å². The van der Waals surface area contributed by atoms with E-state index in [9.17, 15) is 29.7 Å². The summed E-state index contributed by atoms with van der Waals surface area (Å²) in [5.41, 5.74) is 0. The Kier molecular flexibility index (Phi) is 46.8. The van der Waals surface area contributed by atoms with Crippen molar-refractivity contribution in [3.05, 3.63) is 109 Å². The van der Waals surface area contributed by atoms with Crippen LogP contribution in [0.2, 0.25) is 0 Å². The number of unbranched alkanes of at least 4 members (excludes halogenated alkanes) is 16. The monoisotopic (exact) mass is 1030 g/mol. The van der Waals surface area contributed by atoms with E-state index < -0.39 is 54.7 Å². The number of hydrogen-bond donors (Lipinski definition) is 3. The van der Waals surface area contributed by atoms with E-state index in [-0.39, 0.29) is 39.1 Å². The van der Waals surface area contributed by atoms with Crippen LogP contribution in [-0.2, 0) is 38.1 Å². The fourth-order valence-electron chi connectivity index (χ4n) is 7.95. The van der Waals surface area contributed by atoms with Gasteiger partial charge in [-0.25, -0.2) is 0 Å². The maximum Gasteiger partial charge on any atom is 0.309 e. The van der Waals surface area contributed by atoms with Crippen LogP contribution in [0.25, 0.3) is 0 Å². The second-order valence-electron chi connectivity index (χ2n) is 19.2. The lowest BCUT2D eigenvalue weighted by atomic mass is 9.99. The predicted molar refractivity (Wildman–Crippen MR) is 302 cm³/mol. The number of carbonyl (C=O) groups is 3. The van der Waals surface area contributed by atoms with E-state index in [1.54, 1.807) is 6.08 Å². The smallest absolute Gasteiger partial charge is 0.309 e. The first-order valence-electron chi connectivity index (χ1n) is 28.9. The number of rotatable bonds is 47. The first-order valence-corrected chi connectivity index (χ1v) is 28.9. The normalized spacial score (nSPS) is 19.1. The third-order valence-electron chi connectivity index (χ3n) is 12.4. The van der Waals surface area contributed by atoms with E-state index >= 15 is 0 Å². The van der Waals surface area contributed by atoms with Crippen molar-refractivity contribution in [3.8, 4) is 0 Å². The molecule has 420 valence electrons. The molecule has 11 nitrogen and oxygen atoms in total. The molecule has 1 aliphatic heterocycles. The molecule has 0 spiro atoms. The molecule has 11 heteroatoms. The summed E-state index contributed by atoms with van der Waals surface area (Å²) in [4.78, 5) is 38.4. The molecule has 0 bridgehead atoms. The van der Waals surface area contributed by atoms with Gasteiger partial charge in [0.2, 0.25) is 0 Å². The van der Waals surface area contributed by atoms with E-state index in [1.807, 2.05) is 12.2 Å². The lowest BCUT2D eigenvalue weighted by Crippen LogP contribution is -2.59. The minimum Gasteiger partial charge on any atom is -0.463 e. The SMILES string of the molecule is CC/C=C\C/C=C\C/C=C\C/C=C\C/C=C\CC(=O)OCC(CO[C@@H]1OC(COC(=O)CCCCCCCCCCCCCCCCC)[C@H](O)C(O)C1O)OC(=O)CCCC/C=C\C/C=C\C/C=C\C/C=C\CC. The number of esters is 3. The summed E-state index contributed by atoms with van der Waals surface area (Å²) >= 11 is 0. The Labute approximate surface area is 449 Å². The van der Waals surface area contributed by atoms with E-state index in [2.05, 4.69) is 112 Å². The van der Waals surface area contributed by atoms with Gasteiger partial charge in [-0.1, -0.05) is 220 Å². The van der Waals surface area contributed by atoms with Crippen molar-refractivity contribution >= 4 is 17.9 Å². The summed E-state index contributed by atoms with van der Waals surface area (Å²) < 4.78 is 28.2. The molecule has 1 saturated heterocycles. The Balaban J connectivity index is 2.62. The van der Waals surface area contributed by atoms with Crippen LogP contribution < -0.4 is 0 Å². The van der Waals surface area contributed by atoms with Crippen molar-refractivity contribution in [3.63, 3.8) is 0 Å². The van der Waals surface area contributed by atoms with Gasteiger partial charge in [0.05, 0.1) is 13.0 Å². The third kappa shape index (κ3) is 41.2. The summed E-state index contributed by atoms with van der Waals surface area (Å²) in [6.45, 7) is 5.49. The Morgan fingerprint density at radius 2 is 0.851 bits per heavy atom. The summed E-state index contributed by atoms with van der Waals surface area (Å²) in [5, 5.41) is 32.2. The van der Waals surface area contributed by atoms with Gasteiger partial charge < -0.3 is 39.0 Å². The largest absolute Gasteiger partial charge is 0.463 e. The summed E-state index contributed by atoms with van der Waals surface area (Å²) in [6.07, 6.45) is 58.2. The van der Waals surface area contributed by atoms with Gasteiger partial charge in [0.15, 0.2) is 12.4 Å². The average Bonchev–Trinajstić information content (AvgIpc) is 3.39. The Bertz CT molecular complexity index is 1640. The van der Waals surface area contributed by atoms with Gasteiger partial charge in [-0.3, -0.25) is 14.4 Å². The van der Waals surface area contributed by atoms with E-state index in [4.69, 9.17) is 23.7 Å². The van der Waals surface area contributed by atoms with Crippen molar-refractivity contribution in [2.24, 2.45) is 0 Å². The van der Waals surface area contributed by atoms with Crippen molar-refractivity contribution in [1.82, 2.24) is 0 Å². The standard InChI is InChI=1S/C63H102O11/c1-4-7-10-13-16-19-22-25-28-31-34-37-40-43-46-49-57(64)70-52-55(73-59(66)51-48-45-42-39-36-33-30-27-24-21-18-15-12-9-6-3)53-72-63-62(69)61(68)60(67)56(74-63)54-71-58(65)50-47-44-41-38-35-32-29-26-23-20-17-14-11-8-5-2/h7,9-10,12,16,18-19,21,25,27-28,30,34,36-37,39,43,46,55-56,60-63,67-69H,4-6,8,11,13-15,17,20,22-24,26,29,31-33,35,38,40-42,44-45,47-54H2,1-3H3/b10-7-,12-9-,19-16-,21-18-,28-25-,30-27-,37-34-,39-36-,46-43-/t55?,56?,60-,61?,62?,63+/m0/s1. The molecule has 6 atom stereocenters. The predicted octanol–water partition coefficient (Wildman–Crippen LogP) is 14.6. The Morgan fingerprint density at radius 1 is 0.432 bits per heavy atom. The first kappa shape index (κ1) is 67.9. The number of carbonyl (C=O) groups excluding carboxylic acids is 3. The Morgan fingerprint density at radius 3 is 1.34 bits per heavy atom. The highest BCUT2D eigenvalue weighted by atomic mass is 16.7. The number of ether oxygens (including phenoxy) is 5. The molecule has 0 amide bonds. The van der Waals surface area contributed by atoms with Crippen LogP contribution in [0.5, 0.6) is 0 Å². The molecule has 74 heavy (non-hydrogen) atoms. The minimum atomic E-state index is -1.67. The highest BCUT2D eigenvalue weighted by Crippen LogP contribution is 2.24. The van der Waals surface area contributed by atoms with Gasteiger partial charge in [0.1, 0.15) is 37.6 Å². The van der Waals surface area contributed by atoms with Crippen LogP contribution >= 0.6 is 0 Å². The second-order valence-corrected chi connectivity index (χ2v) is 19.2. The zero-order valence-electron chi connectivity index (χ0n) is 46.3. The van der Waals surface area contributed by atoms with Crippen LogP contribution in [0.3, 0.4) is 0 Å². The summed E-state index contributed by atoms with van der Waals surface area (Å²) in [7, 11) is 0. The topological polar surface area (TPSA) is 158 Å². The molecule has 1 fully saturated rings. The molecule has 0 saturated carbocycles. The lowest BCUT2D eigenvalue weighted by molar-refractivity contribution is -0.305. The number of aliphatic hydroxyl groups is 3. The van der Waals surface area contributed by atoms with Gasteiger partial charge >= 0.3 is 17.9 Å². The van der Waals surface area contributed by atoms with Gasteiger partial charge in [0, 0.05) is 12.8 Å². The van der Waals surface area contributed by atoms with Crippen molar-refractivity contribution in [1.29, 1.82) is 0 Å². The molecule has 1 aliphatic rings. The van der Waals surface area contributed by atoms with Gasteiger partial charge in [-0.2, -0.15) is 0 Å². The highest BCUT2D eigenvalue weighted by molar-refractivity contribution is 5.71. The zero-order valence-corrected chi connectivity index (χ0v) is 46.3. The number of allylic oxidation sites excluding steroid dienone is 17. The summed E-state index contributed by atoms with van der Waals surface area (Å²) in [6, 6.07) is 0. The van der Waals surface area contributed by atoms with Crippen LogP contribution in [0.4, 0.5) is 0 Å².